The van der Waals surface area contributed by atoms with Crippen LogP contribution in [-0.4, -0.2) is 12.1 Å². The number of methoxy groups -OCH3 is 1. The number of rotatable bonds is 1. The average molecular weight is 360 g/mol. The lowest BCUT2D eigenvalue weighted by molar-refractivity contribution is 0.415. The Balaban J connectivity index is 1.99. The summed E-state index contributed by atoms with van der Waals surface area (Å²) < 4.78 is 5.27. The Bertz CT molecular complexity index is 1400. The summed E-state index contributed by atoms with van der Waals surface area (Å²) in [6.45, 7) is 0. The first kappa shape index (κ1) is 15.2. The van der Waals surface area contributed by atoms with Crippen molar-refractivity contribution in [3.8, 4) is 5.75 Å². The Labute approximate surface area is 153 Å². The van der Waals surface area contributed by atoms with E-state index in [4.69, 9.17) is 16.3 Å². The Morgan fingerprint density at radius 3 is 2.38 bits per heavy atom. The van der Waals surface area contributed by atoms with Crippen molar-refractivity contribution in [3.63, 3.8) is 0 Å². The molecule has 1 heterocycles. The maximum atomic E-state index is 13.3. The Morgan fingerprint density at radius 1 is 0.846 bits per heavy atom. The molecule has 0 unspecified atom stereocenters. The fourth-order valence-electron chi connectivity index (χ4n) is 3.64. The van der Waals surface area contributed by atoms with Gasteiger partial charge in [-0.1, -0.05) is 41.9 Å². The fourth-order valence-corrected chi connectivity index (χ4v) is 3.88. The highest BCUT2D eigenvalue weighted by Crippen LogP contribution is 2.31. The molecule has 126 valence electrons. The van der Waals surface area contributed by atoms with Gasteiger partial charge in [0.15, 0.2) is 5.43 Å². The first-order chi connectivity index (χ1) is 12.7. The number of aromatic nitrogens is 1. The van der Waals surface area contributed by atoms with Crippen molar-refractivity contribution < 1.29 is 4.74 Å². The van der Waals surface area contributed by atoms with Crippen LogP contribution in [0.4, 0.5) is 0 Å². The molecular weight excluding hydrogens is 346 g/mol. The van der Waals surface area contributed by atoms with Crippen LogP contribution in [0.3, 0.4) is 0 Å². The minimum Gasteiger partial charge on any atom is -0.495 e. The van der Waals surface area contributed by atoms with Crippen LogP contribution >= 0.6 is 11.6 Å². The second-order valence-corrected chi connectivity index (χ2v) is 6.80. The van der Waals surface area contributed by atoms with Gasteiger partial charge in [-0.05, 0) is 45.8 Å². The molecule has 5 aromatic rings. The molecule has 0 bridgehead atoms. The molecule has 0 saturated carbocycles. The van der Waals surface area contributed by atoms with Crippen molar-refractivity contribution in [2.45, 2.75) is 0 Å². The predicted molar refractivity (Wildman–Crippen MR) is 109 cm³/mol. The maximum Gasteiger partial charge on any atom is 0.197 e. The smallest absolute Gasteiger partial charge is 0.197 e. The molecule has 3 nitrogen and oxygen atoms in total. The summed E-state index contributed by atoms with van der Waals surface area (Å²) in [6, 6.07) is 19.8. The topological polar surface area (TPSA) is 42.1 Å². The van der Waals surface area contributed by atoms with Crippen molar-refractivity contribution in [1.82, 2.24) is 4.98 Å². The van der Waals surface area contributed by atoms with Crippen LogP contribution in [0.5, 0.6) is 5.75 Å². The van der Waals surface area contributed by atoms with E-state index in [-0.39, 0.29) is 5.43 Å². The number of nitrogens with one attached hydrogen (secondary N) is 1. The van der Waals surface area contributed by atoms with Gasteiger partial charge in [-0.3, -0.25) is 4.79 Å². The van der Waals surface area contributed by atoms with Crippen molar-refractivity contribution in [3.05, 3.63) is 75.9 Å². The molecule has 4 aromatic carbocycles. The Kier molecular flexibility index (Phi) is 3.21. The van der Waals surface area contributed by atoms with Gasteiger partial charge in [-0.15, -0.1) is 0 Å². The van der Waals surface area contributed by atoms with E-state index in [9.17, 15) is 4.79 Å². The van der Waals surface area contributed by atoms with Crippen LogP contribution in [0.1, 0.15) is 0 Å². The van der Waals surface area contributed by atoms with Gasteiger partial charge in [-0.2, -0.15) is 0 Å². The normalized spacial score (nSPS) is 11.6. The molecule has 0 atom stereocenters. The lowest BCUT2D eigenvalue weighted by Crippen LogP contribution is -2.05. The van der Waals surface area contributed by atoms with Crippen molar-refractivity contribution >= 4 is 55.0 Å². The minimum atomic E-state index is -0.0285. The first-order valence-electron chi connectivity index (χ1n) is 8.30. The van der Waals surface area contributed by atoms with E-state index in [2.05, 4.69) is 29.2 Å². The van der Waals surface area contributed by atoms with E-state index >= 15 is 0 Å². The molecule has 0 saturated heterocycles. The third kappa shape index (κ3) is 2.11. The highest BCUT2D eigenvalue weighted by Gasteiger charge is 2.12. The first-order valence-corrected chi connectivity index (χ1v) is 8.68. The second-order valence-electron chi connectivity index (χ2n) is 6.40. The number of hydrogen-bond donors (Lipinski definition) is 1. The summed E-state index contributed by atoms with van der Waals surface area (Å²) in [5.74, 6) is 0.543. The summed E-state index contributed by atoms with van der Waals surface area (Å²) in [5, 5.41) is 5.92. The van der Waals surface area contributed by atoms with Gasteiger partial charge in [0.1, 0.15) is 5.75 Å². The van der Waals surface area contributed by atoms with Gasteiger partial charge < -0.3 is 9.72 Å². The largest absolute Gasteiger partial charge is 0.495 e. The lowest BCUT2D eigenvalue weighted by Gasteiger charge is -2.10. The second kappa shape index (κ2) is 5.48. The van der Waals surface area contributed by atoms with E-state index < -0.39 is 0 Å². The molecule has 0 fully saturated rings. The number of benzene rings is 4. The van der Waals surface area contributed by atoms with E-state index in [0.717, 1.165) is 27.1 Å². The molecule has 26 heavy (non-hydrogen) atoms. The Morgan fingerprint density at radius 2 is 1.62 bits per heavy atom. The lowest BCUT2D eigenvalue weighted by atomic mass is 9.99. The fraction of sp³-hybridized carbons (Fsp3) is 0.0455. The molecule has 0 radical (unpaired) electrons. The number of fused-ring (bicyclic) bond motifs is 5. The molecule has 0 aliphatic carbocycles. The van der Waals surface area contributed by atoms with E-state index in [1.165, 1.54) is 0 Å². The number of halogens is 1. The summed E-state index contributed by atoms with van der Waals surface area (Å²) in [7, 11) is 1.56. The van der Waals surface area contributed by atoms with Crippen LogP contribution in [-0.2, 0) is 0 Å². The summed E-state index contributed by atoms with van der Waals surface area (Å²) in [6.07, 6.45) is 0. The van der Waals surface area contributed by atoms with Crippen molar-refractivity contribution in [2.75, 3.05) is 7.11 Å². The monoisotopic (exact) mass is 359 g/mol. The predicted octanol–water partition coefficient (Wildman–Crippen LogP) is 5.65. The van der Waals surface area contributed by atoms with Crippen LogP contribution < -0.4 is 10.2 Å². The van der Waals surface area contributed by atoms with Crippen LogP contribution in [0.2, 0.25) is 5.02 Å². The third-order valence-electron chi connectivity index (χ3n) is 4.92. The van der Waals surface area contributed by atoms with Gasteiger partial charge in [0, 0.05) is 11.5 Å². The van der Waals surface area contributed by atoms with Gasteiger partial charge in [0.05, 0.1) is 28.6 Å². The Hall–Kier alpha value is -3.04. The zero-order chi connectivity index (χ0) is 17.8. The summed E-state index contributed by atoms with van der Waals surface area (Å²) in [5.41, 5.74) is 1.48. The van der Waals surface area contributed by atoms with Crippen LogP contribution in [0, 0.1) is 0 Å². The molecule has 0 spiro atoms. The minimum absolute atomic E-state index is 0.0285. The summed E-state index contributed by atoms with van der Waals surface area (Å²) >= 11 is 6.25. The summed E-state index contributed by atoms with van der Waals surface area (Å²) in [4.78, 5) is 16.6. The number of ether oxygens (including phenoxy) is 1. The highest BCUT2D eigenvalue weighted by molar-refractivity contribution is 6.33. The number of hydrogen-bond acceptors (Lipinski definition) is 2. The van der Waals surface area contributed by atoms with E-state index in [1.807, 2.05) is 24.3 Å². The zero-order valence-electron chi connectivity index (χ0n) is 14.0. The van der Waals surface area contributed by atoms with E-state index in [1.54, 1.807) is 19.2 Å². The van der Waals surface area contributed by atoms with Gasteiger partial charge >= 0.3 is 0 Å². The molecule has 4 heteroatoms. The molecule has 1 N–H and O–H groups in total. The standard InChI is InChI=1S/C22H14ClNO2/c1-26-20-11-19-16(10-17(20)23)22(25)21-15-9-13-5-3-2-4-12(13)8-14(15)6-7-18(21)24-19/h2-11H,1H3,(H,24,25). The van der Waals surface area contributed by atoms with Crippen LogP contribution in [0.15, 0.2) is 65.5 Å². The molecule has 5 rings (SSSR count). The molecule has 1 aromatic heterocycles. The highest BCUT2D eigenvalue weighted by atomic mass is 35.5. The number of aromatic amines is 1. The molecule has 0 aliphatic heterocycles. The van der Waals surface area contributed by atoms with Crippen molar-refractivity contribution in [1.29, 1.82) is 0 Å². The molecule has 0 aliphatic rings. The quantitative estimate of drug-likeness (QED) is 0.310. The van der Waals surface area contributed by atoms with Gasteiger partial charge in [-0.25, -0.2) is 0 Å². The average Bonchev–Trinajstić information content (AvgIpc) is 2.66. The molecular formula is C22H14ClNO2. The van der Waals surface area contributed by atoms with Gasteiger partial charge in [0.25, 0.3) is 0 Å². The van der Waals surface area contributed by atoms with Crippen LogP contribution in [0.25, 0.3) is 43.4 Å². The van der Waals surface area contributed by atoms with E-state index in [0.29, 0.717) is 27.1 Å². The molecule has 0 amide bonds. The van der Waals surface area contributed by atoms with Gasteiger partial charge in [0.2, 0.25) is 0 Å². The third-order valence-corrected chi connectivity index (χ3v) is 5.21. The number of pyridine rings is 1. The van der Waals surface area contributed by atoms with Crippen molar-refractivity contribution in [2.24, 2.45) is 0 Å². The zero-order valence-corrected chi connectivity index (χ0v) is 14.7. The number of H-pyrrole nitrogens is 1. The SMILES string of the molecule is COc1cc2[nH]c3ccc4cc5ccccc5cc4c3c(=O)c2cc1Cl. The maximum absolute atomic E-state index is 13.3.